The number of ketones is 1. The molecule has 0 saturated carbocycles. The lowest BCUT2D eigenvalue weighted by molar-refractivity contribution is 0.104. The highest BCUT2D eigenvalue weighted by Crippen LogP contribution is 2.25. The summed E-state index contributed by atoms with van der Waals surface area (Å²) in [6, 6.07) is 13.1. The van der Waals surface area contributed by atoms with Crippen LogP contribution in [0.1, 0.15) is 15.9 Å². The Labute approximate surface area is 155 Å². The highest BCUT2D eigenvalue weighted by atomic mass is 16.5. The lowest BCUT2D eigenvalue weighted by Crippen LogP contribution is -2.20. The highest BCUT2D eigenvalue weighted by molar-refractivity contribution is 6.08. The van der Waals surface area contributed by atoms with Gasteiger partial charge in [0.25, 0.3) is 0 Å². The van der Waals surface area contributed by atoms with Crippen molar-refractivity contribution in [2.75, 3.05) is 46.7 Å². The Morgan fingerprint density at radius 2 is 1.81 bits per heavy atom. The first-order valence-corrected chi connectivity index (χ1v) is 8.46. The zero-order valence-corrected chi connectivity index (χ0v) is 15.8. The molecule has 26 heavy (non-hydrogen) atoms. The van der Waals surface area contributed by atoms with Gasteiger partial charge in [-0.1, -0.05) is 18.2 Å². The summed E-state index contributed by atoms with van der Waals surface area (Å²) in [6.45, 7) is 1.86. The average molecular weight is 354 g/mol. The van der Waals surface area contributed by atoms with Gasteiger partial charge in [-0.15, -0.1) is 0 Å². The Balaban J connectivity index is 2.01. The molecule has 1 N–H and O–H groups in total. The first-order valence-electron chi connectivity index (χ1n) is 8.46. The van der Waals surface area contributed by atoms with Crippen LogP contribution in [0.2, 0.25) is 0 Å². The van der Waals surface area contributed by atoms with E-state index in [2.05, 4.69) is 10.2 Å². The molecule has 0 spiro atoms. The molecule has 2 aromatic carbocycles. The lowest BCUT2D eigenvalue weighted by Gasteiger charge is -2.11. The minimum Gasteiger partial charge on any atom is -0.497 e. The van der Waals surface area contributed by atoms with Crippen molar-refractivity contribution in [3.63, 3.8) is 0 Å². The quantitative estimate of drug-likeness (QED) is 0.551. The van der Waals surface area contributed by atoms with Crippen molar-refractivity contribution in [2.24, 2.45) is 0 Å². The maximum absolute atomic E-state index is 12.4. The summed E-state index contributed by atoms with van der Waals surface area (Å²) in [5.41, 5.74) is 2.53. The second-order valence-electron chi connectivity index (χ2n) is 6.12. The van der Waals surface area contributed by atoms with E-state index in [-0.39, 0.29) is 5.78 Å². The van der Waals surface area contributed by atoms with Crippen LogP contribution >= 0.6 is 0 Å². The molecule has 2 rings (SSSR count). The molecule has 0 fully saturated rings. The van der Waals surface area contributed by atoms with Crippen LogP contribution in [0.3, 0.4) is 0 Å². The molecule has 0 amide bonds. The van der Waals surface area contributed by atoms with Crippen molar-refractivity contribution in [2.45, 2.75) is 0 Å². The van der Waals surface area contributed by atoms with E-state index in [0.29, 0.717) is 17.1 Å². The van der Waals surface area contributed by atoms with Crippen molar-refractivity contribution in [3.8, 4) is 11.5 Å². The zero-order valence-electron chi connectivity index (χ0n) is 15.8. The van der Waals surface area contributed by atoms with Gasteiger partial charge in [-0.05, 0) is 50.0 Å². The summed E-state index contributed by atoms with van der Waals surface area (Å²) < 4.78 is 10.4. The summed E-state index contributed by atoms with van der Waals surface area (Å²) in [5, 5.41) is 3.36. The number of carbonyl (C=O) groups excluding carboxylic acids is 1. The Kier molecular flexibility index (Phi) is 7.24. The molecule has 5 heteroatoms. The third-order valence-electron chi connectivity index (χ3n) is 3.90. The van der Waals surface area contributed by atoms with Crippen molar-refractivity contribution in [3.05, 3.63) is 59.7 Å². The molecule has 5 nitrogen and oxygen atoms in total. The fraction of sp³-hybridized carbons (Fsp3) is 0.286. The zero-order chi connectivity index (χ0) is 18.9. The van der Waals surface area contributed by atoms with Gasteiger partial charge in [0.15, 0.2) is 5.78 Å². The van der Waals surface area contributed by atoms with Gasteiger partial charge in [0.2, 0.25) is 0 Å². The largest absolute Gasteiger partial charge is 0.497 e. The number of ether oxygens (including phenoxy) is 2. The van der Waals surface area contributed by atoms with E-state index in [4.69, 9.17) is 9.47 Å². The molecule has 0 aromatic heterocycles. The minimum atomic E-state index is -0.113. The van der Waals surface area contributed by atoms with Crippen LogP contribution in [0.5, 0.6) is 11.5 Å². The van der Waals surface area contributed by atoms with Crippen molar-refractivity contribution in [1.82, 2.24) is 4.90 Å². The van der Waals surface area contributed by atoms with Gasteiger partial charge < -0.3 is 19.7 Å². The van der Waals surface area contributed by atoms with E-state index in [0.717, 1.165) is 24.3 Å². The van der Waals surface area contributed by atoms with Gasteiger partial charge in [-0.25, -0.2) is 0 Å². The van der Waals surface area contributed by atoms with Crippen LogP contribution in [0, 0.1) is 0 Å². The normalized spacial score (nSPS) is 11.0. The summed E-state index contributed by atoms with van der Waals surface area (Å²) in [5.74, 6) is 1.04. The number of anilines is 1. The molecule has 2 aromatic rings. The number of hydrogen-bond acceptors (Lipinski definition) is 5. The van der Waals surface area contributed by atoms with Crippen molar-refractivity contribution in [1.29, 1.82) is 0 Å². The standard InChI is InChI=1S/C21H26N2O3/c1-23(2)14-13-22-17-8-5-16(6-9-17)7-12-20(24)19-11-10-18(25-3)15-21(19)26-4/h5-12,15,22H,13-14H2,1-4H3/b12-7+. The molecule has 0 atom stereocenters. The molecular weight excluding hydrogens is 328 g/mol. The Morgan fingerprint density at radius 1 is 1.08 bits per heavy atom. The number of benzene rings is 2. The molecule has 0 bridgehead atoms. The third kappa shape index (κ3) is 5.63. The van der Waals surface area contributed by atoms with Crippen LogP contribution in [0.25, 0.3) is 6.08 Å². The smallest absolute Gasteiger partial charge is 0.189 e. The number of methoxy groups -OCH3 is 2. The van der Waals surface area contributed by atoms with E-state index in [9.17, 15) is 4.79 Å². The molecule has 0 aliphatic rings. The monoisotopic (exact) mass is 354 g/mol. The number of carbonyl (C=O) groups is 1. The predicted octanol–water partition coefficient (Wildman–Crippen LogP) is 3.57. The molecule has 0 aliphatic heterocycles. The summed E-state index contributed by atoms with van der Waals surface area (Å²) in [4.78, 5) is 14.6. The lowest BCUT2D eigenvalue weighted by atomic mass is 10.1. The first kappa shape index (κ1) is 19.5. The number of nitrogens with one attached hydrogen (secondary N) is 1. The molecule has 138 valence electrons. The second kappa shape index (κ2) is 9.63. The van der Waals surface area contributed by atoms with Crippen LogP contribution < -0.4 is 14.8 Å². The molecule has 0 heterocycles. The van der Waals surface area contributed by atoms with E-state index in [1.54, 1.807) is 37.5 Å². The maximum Gasteiger partial charge on any atom is 0.189 e. The van der Waals surface area contributed by atoms with Gasteiger partial charge >= 0.3 is 0 Å². The summed E-state index contributed by atoms with van der Waals surface area (Å²) >= 11 is 0. The average Bonchev–Trinajstić information content (AvgIpc) is 2.66. The second-order valence-corrected chi connectivity index (χ2v) is 6.12. The minimum absolute atomic E-state index is 0.113. The van der Waals surface area contributed by atoms with E-state index in [1.165, 1.54) is 7.11 Å². The van der Waals surface area contributed by atoms with Gasteiger partial charge in [0.05, 0.1) is 19.8 Å². The maximum atomic E-state index is 12.4. The SMILES string of the molecule is COc1ccc(C(=O)/C=C/c2ccc(NCCN(C)C)cc2)c(OC)c1. The van der Waals surface area contributed by atoms with Gasteiger partial charge in [-0.2, -0.15) is 0 Å². The topological polar surface area (TPSA) is 50.8 Å². The van der Waals surface area contributed by atoms with E-state index < -0.39 is 0 Å². The molecule has 0 radical (unpaired) electrons. The molecule has 0 aliphatic carbocycles. The van der Waals surface area contributed by atoms with Gasteiger partial charge in [0, 0.05) is 24.8 Å². The molecule has 0 saturated heterocycles. The molecule has 0 unspecified atom stereocenters. The van der Waals surface area contributed by atoms with Gasteiger partial charge in [0.1, 0.15) is 11.5 Å². The number of rotatable bonds is 9. The van der Waals surface area contributed by atoms with Crippen LogP contribution in [-0.4, -0.2) is 52.1 Å². The number of likely N-dealkylation sites (N-methyl/N-ethyl adjacent to an activating group) is 1. The first-order chi connectivity index (χ1) is 12.5. The number of hydrogen-bond donors (Lipinski definition) is 1. The van der Waals surface area contributed by atoms with E-state index >= 15 is 0 Å². The number of nitrogens with zero attached hydrogens (tertiary/aromatic N) is 1. The highest BCUT2D eigenvalue weighted by Gasteiger charge is 2.10. The Morgan fingerprint density at radius 3 is 2.42 bits per heavy atom. The van der Waals surface area contributed by atoms with Gasteiger partial charge in [-0.3, -0.25) is 4.79 Å². The predicted molar refractivity (Wildman–Crippen MR) is 106 cm³/mol. The van der Waals surface area contributed by atoms with Crippen LogP contribution in [0.4, 0.5) is 5.69 Å². The Hall–Kier alpha value is -2.79. The summed E-state index contributed by atoms with van der Waals surface area (Å²) in [7, 11) is 7.21. The van der Waals surface area contributed by atoms with E-state index in [1.807, 2.05) is 38.4 Å². The fourth-order valence-electron chi connectivity index (χ4n) is 2.40. The van der Waals surface area contributed by atoms with Crippen molar-refractivity contribution < 1.29 is 14.3 Å². The van der Waals surface area contributed by atoms with Crippen LogP contribution in [-0.2, 0) is 0 Å². The molecular formula is C21H26N2O3. The third-order valence-corrected chi connectivity index (χ3v) is 3.90. The summed E-state index contributed by atoms with van der Waals surface area (Å²) in [6.07, 6.45) is 3.36. The van der Waals surface area contributed by atoms with Crippen LogP contribution in [0.15, 0.2) is 48.5 Å². The Bertz CT molecular complexity index is 752. The van der Waals surface area contributed by atoms with Crippen molar-refractivity contribution >= 4 is 17.5 Å². The fourth-order valence-corrected chi connectivity index (χ4v) is 2.40. The number of allylic oxidation sites excluding steroid dienone is 1.